The molecule has 0 radical (unpaired) electrons. The predicted octanol–water partition coefficient (Wildman–Crippen LogP) is 3.43. The zero-order valence-electron chi connectivity index (χ0n) is 18.4. The number of rotatable bonds is 5. The van der Waals surface area contributed by atoms with Crippen LogP contribution in [-0.4, -0.2) is 59.5 Å². The van der Waals surface area contributed by atoms with Gasteiger partial charge in [0.05, 0.1) is 5.39 Å². The summed E-state index contributed by atoms with van der Waals surface area (Å²) >= 11 is 0. The molecule has 1 aromatic heterocycles. The molecule has 3 aromatic rings. The summed E-state index contributed by atoms with van der Waals surface area (Å²) in [6, 6.07) is 13.9. The highest BCUT2D eigenvalue weighted by Gasteiger charge is 2.20. The lowest BCUT2D eigenvalue weighted by atomic mass is 9.97. The molecule has 1 aliphatic rings. The maximum atomic E-state index is 12.5. The molecule has 0 bridgehead atoms. The van der Waals surface area contributed by atoms with Crippen molar-refractivity contribution >= 4 is 16.7 Å². The fourth-order valence-corrected chi connectivity index (χ4v) is 4.29. The number of carbonyl (C=O) groups excluding carboxylic acids is 1. The number of hydrogen-bond acceptors (Lipinski definition) is 4. The average Bonchev–Trinajstić information content (AvgIpc) is 2.75. The Bertz CT molecular complexity index is 1150. The molecule has 0 unspecified atom stereocenters. The molecule has 31 heavy (non-hydrogen) atoms. The van der Waals surface area contributed by atoms with E-state index in [9.17, 15) is 9.59 Å². The number of nitrogens with one attached hydrogen (secondary N) is 1. The van der Waals surface area contributed by atoms with Gasteiger partial charge in [0.25, 0.3) is 5.56 Å². The van der Waals surface area contributed by atoms with Crippen molar-refractivity contribution in [3.63, 3.8) is 0 Å². The number of aromatic nitrogens is 1. The minimum absolute atomic E-state index is 0.0278. The minimum Gasteiger partial charge on any atom is -0.489 e. The van der Waals surface area contributed by atoms with Gasteiger partial charge in [0.2, 0.25) is 5.91 Å². The molecule has 2 heterocycles. The Morgan fingerprint density at radius 1 is 1.06 bits per heavy atom. The summed E-state index contributed by atoms with van der Waals surface area (Å²) < 4.78 is 6.15. The minimum atomic E-state index is -0.120. The van der Waals surface area contributed by atoms with Crippen LogP contribution in [0, 0.1) is 6.92 Å². The third kappa shape index (κ3) is 4.64. The lowest BCUT2D eigenvalue weighted by Crippen LogP contribution is -2.50. The molecule has 6 nitrogen and oxygen atoms in total. The lowest BCUT2D eigenvalue weighted by molar-refractivity contribution is -0.130. The van der Waals surface area contributed by atoms with Crippen LogP contribution in [0.5, 0.6) is 5.75 Å². The highest BCUT2D eigenvalue weighted by molar-refractivity contribution is 5.97. The third-order valence-corrected chi connectivity index (χ3v) is 5.98. The third-order valence-electron chi connectivity index (χ3n) is 5.98. The van der Waals surface area contributed by atoms with Gasteiger partial charge in [-0.3, -0.25) is 14.5 Å². The first-order chi connectivity index (χ1) is 14.9. The largest absolute Gasteiger partial charge is 0.489 e. The molecule has 1 atom stereocenters. The first kappa shape index (κ1) is 21.1. The second-order valence-corrected chi connectivity index (χ2v) is 8.29. The molecule has 0 aliphatic carbocycles. The maximum Gasteiger partial charge on any atom is 0.255 e. The van der Waals surface area contributed by atoms with E-state index in [1.807, 2.05) is 42.2 Å². The van der Waals surface area contributed by atoms with E-state index >= 15 is 0 Å². The van der Waals surface area contributed by atoms with Crippen LogP contribution in [0.25, 0.3) is 21.9 Å². The van der Waals surface area contributed by atoms with Crippen molar-refractivity contribution < 1.29 is 9.53 Å². The number of ether oxygens (including phenoxy) is 1. The van der Waals surface area contributed by atoms with Crippen LogP contribution in [0.4, 0.5) is 0 Å². The van der Waals surface area contributed by atoms with E-state index < -0.39 is 0 Å². The standard InChI is InChI=1S/C25H29N3O3/c1-17-6-4-5-7-21(17)24-15-26-25(30)23-14-20(8-9-22(23)24)31-18(2)16-27-10-12-28(13-11-27)19(3)29/h4-9,14-15,18H,10-13,16H2,1-3H3,(H,26,30)/t18-/m0/s1. The average molecular weight is 420 g/mol. The number of pyridine rings is 1. The number of H-pyrrole nitrogens is 1. The highest BCUT2D eigenvalue weighted by atomic mass is 16.5. The molecule has 4 rings (SSSR count). The van der Waals surface area contributed by atoms with Gasteiger partial charge in [0.15, 0.2) is 0 Å². The quantitative estimate of drug-likeness (QED) is 0.688. The fraction of sp³-hybridized carbons (Fsp3) is 0.360. The van der Waals surface area contributed by atoms with E-state index in [1.165, 1.54) is 0 Å². The number of piperazine rings is 1. The van der Waals surface area contributed by atoms with Crippen molar-refractivity contribution in [1.82, 2.24) is 14.8 Å². The summed E-state index contributed by atoms with van der Waals surface area (Å²) in [4.78, 5) is 31.1. The van der Waals surface area contributed by atoms with Crippen LogP contribution < -0.4 is 10.3 Å². The number of nitrogens with zero attached hydrogens (tertiary/aromatic N) is 2. The van der Waals surface area contributed by atoms with Gasteiger partial charge >= 0.3 is 0 Å². The van der Waals surface area contributed by atoms with Gasteiger partial charge in [0, 0.05) is 51.4 Å². The number of aromatic amines is 1. The summed E-state index contributed by atoms with van der Waals surface area (Å²) in [7, 11) is 0. The SMILES string of the molecule is CC(=O)N1CCN(C[C@H](C)Oc2ccc3c(-c4ccccc4C)c[nH]c(=O)c3c2)CC1. The number of amides is 1. The predicted molar refractivity (Wildman–Crippen MR) is 124 cm³/mol. The van der Waals surface area contributed by atoms with Crippen LogP contribution in [0.3, 0.4) is 0 Å². The first-order valence-corrected chi connectivity index (χ1v) is 10.8. The summed E-state index contributed by atoms with van der Waals surface area (Å²) in [5.74, 6) is 0.824. The van der Waals surface area contributed by atoms with Gasteiger partial charge in [0.1, 0.15) is 11.9 Å². The summed E-state index contributed by atoms with van der Waals surface area (Å²) in [5.41, 5.74) is 3.16. The van der Waals surface area contributed by atoms with Gasteiger partial charge in [-0.2, -0.15) is 0 Å². The molecular formula is C25H29N3O3. The maximum absolute atomic E-state index is 12.5. The first-order valence-electron chi connectivity index (χ1n) is 10.8. The van der Waals surface area contributed by atoms with Crippen LogP contribution in [-0.2, 0) is 4.79 Å². The summed E-state index contributed by atoms with van der Waals surface area (Å²) in [6.45, 7) is 9.73. The molecule has 1 fully saturated rings. The number of fused-ring (bicyclic) bond motifs is 1. The van der Waals surface area contributed by atoms with Crippen molar-refractivity contribution in [2.24, 2.45) is 0 Å². The van der Waals surface area contributed by atoms with Crippen LogP contribution >= 0.6 is 0 Å². The van der Waals surface area contributed by atoms with E-state index in [4.69, 9.17) is 4.74 Å². The molecule has 1 amide bonds. The Morgan fingerprint density at radius 2 is 1.81 bits per heavy atom. The van der Waals surface area contributed by atoms with Gasteiger partial charge in [-0.1, -0.05) is 24.3 Å². The van der Waals surface area contributed by atoms with Crippen molar-refractivity contribution in [2.75, 3.05) is 32.7 Å². The van der Waals surface area contributed by atoms with Gasteiger partial charge in [-0.05, 0) is 48.6 Å². The molecular weight excluding hydrogens is 390 g/mol. The Kier molecular flexibility index (Phi) is 6.09. The molecule has 0 spiro atoms. The van der Waals surface area contributed by atoms with Crippen molar-refractivity contribution in [2.45, 2.75) is 26.9 Å². The fourth-order valence-electron chi connectivity index (χ4n) is 4.29. The van der Waals surface area contributed by atoms with E-state index in [-0.39, 0.29) is 17.6 Å². The molecule has 0 saturated carbocycles. The zero-order chi connectivity index (χ0) is 22.0. The van der Waals surface area contributed by atoms with Crippen molar-refractivity contribution in [3.8, 4) is 16.9 Å². The van der Waals surface area contributed by atoms with Crippen molar-refractivity contribution in [3.05, 3.63) is 64.6 Å². The molecule has 162 valence electrons. The Labute approximate surface area is 182 Å². The number of carbonyl (C=O) groups is 1. The van der Waals surface area contributed by atoms with E-state index in [2.05, 4.69) is 28.9 Å². The normalized spacial score (nSPS) is 15.8. The topological polar surface area (TPSA) is 65.6 Å². The summed E-state index contributed by atoms with van der Waals surface area (Å²) in [6.07, 6.45) is 1.76. The number of benzene rings is 2. The molecule has 1 saturated heterocycles. The Balaban J connectivity index is 1.51. The molecule has 2 aromatic carbocycles. The second kappa shape index (κ2) is 8.94. The monoisotopic (exact) mass is 419 g/mol. The second-order valence-electron chi connectivity index (χ2n) is 8.29. The van der Waals surface area contributed by atoms with Crippen LogP contribution in [0.1, 0.15) is 19.4 Å². The van der Waals surface area contributed by atoms with E-state index in [0.717, 1.165) is 54.8 Å². The summed E-state index contributed by atoms with van der Waals surface area (Å²) in [5, 5.41) is 1.54. The van der Waals surface area contributed by atoms with Gasteiger partial charge in [-0.25, -0.2) is 0 Å². The van der Waals surface area contributed by atoms with Gasteiger partial charge in [-0.15, -0.1) is 0 Å². The van der Waals surface area contributed by atoms with Crippen LogP contribution in [0.2, 0.25) is 0 Å². The van der Waals surface area contributed by atoms with Gasteiger partial charge < -0.3 is 14.6 Å². The van der Waals surface area contributed by atoms with Crippen molar-refractivity contribution in [1.29, 1.82) is 0 Å². The lowest BCUT2D eigenvalue weighted by Gasteiger charge is -2.35. The van der Waals surface area contributed by atoms with E-state index in [1.54, 1.807) is 13.1 Å². The Hall–Kier alpha value is -3.12. The number of aryl methyl sites for hydroxylation is 1. The van der Waals surface area contributed by atoms with Crippen LogP contribution in [0.15, 0.2) is 53.5 Å². The molecule has 1 aliphatic heterocycles. The number of hydrogen-bond donors (Lipinski definition) is 1. The Morgan fingerprint density at radius 3 is 2.52 bits per heavy atom. The van der Waals surface area contributed by atoms with E-state index in [0.29, 0.717) is 11.1 Å². The molecule has 1 N–H and O–H groups in total. The smallest absolute Gasteiger partial charge is 0.255 e. The highest BCUT2D eigenvalue weighted by Crippen LogP contribution is 2.30. The molecule has 6 heteroatoms. The zero-order valence-corrected chi connectivity index (χ0v) is 18.4.